The quantitative estimate of drug-likeness (QED) is 0.781. The van der Waals surface area contributed by atoms with Gasteiger partial charge >= 0.3 is 12.1 Å². The van der Waals surface area contributed by atoms with E-state index in [-0.39, 0.29) is 37.3 Å². The van der Waals surface area contributed by atoms with Crippen molar-refractivity contribution in [2.75, 3.05) is 18.4 Å². The van der Waals surface area contributed by atoms with Crippen LogP contribution in [0.4, 0.5) is 19.0 Å². The third kappa shape index (κ3) is 3.29. The molecule has 1 spiro atoms. The highest BCUT2D eigenvalue weighted by Gasteiger charge is 2.75. The Labute approximate surface area is 182 Å². The molecule has 2 saturated carbocycles. The van der Waals surface area contributed by atoms with Gasteiger partial charge in [-0.1, -0.05) is 12.1 Å². The average Bonchev–Trinajstić information content (AvgIpc) is 3.70. The number of anilines is 1. The van der Waals surface area contributed by atoms with Crippen LogP contribution in [0.2, 0.25) is 0 Å². The molecular weight excluding hydrogens is 421 g/mol. The molecule has 1 aliphatic heterocycles. The van der Waals surface area contributed by atoms with Gasteiger partial charge in [-0.05, 0) is 60.6 Å². The molecule has 2 heterocycles. The molecule has 2 amide bonds. The first-order chi connectivity index (χ1) is 15.2. The Morgan fingerprint density at radius 2 is 1.88 bits per heavy atom. The van der Waals surface area contributed by atoms with Crippen LogP contribution in [0.3, 0.4) is 0 Å². The van der Waals surface area contributed by atoms with E-state index in [4.69, 9.17) is 0 Å². The van der Waals surface area contributed by atoms with Gasteiger partial charge in [-0.2, -0.15) is 18.4 Å². The zero-order chi connectivity index (χ0) is 22.7. The van der Waals surface area contributed by atoms with Gasteiger partial charge in [-0.15, -0.1) is 0 Å². The van der Waals surface area contributed by atoms with Crippen LogP contribution in [0.5, 0.6) is 0 Å². The summed E-state index contributed by atoms with van der Waals surface area (Å²) in [6.07, 6.45) is 0.153. The number of alkyl halides is 3. The summed E-state index contributed by atoms with van der Waals surface area (Å²) in [5.41, 5.74) is 0.743. The van der Waals surface area contributed by atoms with Gasteiger partial charge in [0.15, 0.2) is 0 Å². The first-order valence-corrected chi connectivity index (χ1v) is 10.7. The molecule has 9 heteroatoms. The van der Waals surface area contributed by atoms with Crippen LogP contribution in [-0.2, 0) is 15.0 Å². The predicted octanol–water partition coefficient (Wildman–Crippen LogP) is 3.92. The summed E-state index contributed by atoms with van der Waals surface area (Å²) in [7, 11) is 0. The fourth-order valence-corrected chi connectivity index (χ4v) is 5.08. The number of nitriles is 1. The number of amides is 2. The van der Waals surface area contributed by atoms with Crippen molar-refractivity contribution in [3.8, 4) is 6.07 Å². The lowest BCUT2D eigenvalue weighted by molar-refractivity contribution is -0.186. The van der Waals surface area contributed by atoms with Crippen molar-refractivity contribution in [3.63, 3.8) is 0 Å². The number of fused-ring (bicyclic) bond motifs is 1. The highest BCUT2D eigenvalue weighted by molar-refractivity contribution is 5.94. The maximum atomic E-state index is 12.6. The molecule has 3 fully saturated rings. The van der Waals surface area contributed by atoms with E-state index < -0.39 is 23.4 Å². The molecule has 2 aliphatic carbocycles. The van der Waals surface area contributed by atoms with E-state index in [1.165, 1.54) is 0 Å². The number of halogens is 3. The summed E-state index contributed by atoms with van der Waals surface area (Å²) >= 11 is 0. The van der Waals surface area contributed by atoms with Gasteiger partial charge in [0.2, 0.25) is 5.91 Å². The standard InChI is InChI=1S/C23H21F3N4O2/c24-23(25,26)20(32)30-7-3-14(4-8-30)19(31)29-18-10-16-9-17(2-1-15(16)11-28-18)22(13-27)12-21(22)5-6-21/h1-2,9-11,14H,3-8,12H2,(H,28,29,31)/t22-/m1/s1. The number of aromatic nitrogens is 1. The summed E-state index contributed by atoms with van der Waals surface area (Å²) < 4.78 is 37.7. The lowest BCUT2D eigenvalue weighted by atomic mass is 9.92. The minimum atomic E-state index is -4.90. The molecule has 1 N–H and O–H groups in total. The van der Waals surface area contributed by atoms with E-state index in [0.717, 1.165) is 40.5 Å². The molecule has 0 bridgehead atoms. The van der Waals surface area contributed by atoms with Crippen molar-refractivity contribution in [2.24, 2.45) is 11.3 Å². The number of piperidine rings is 1. The number of hydrogen-bond acceptors (Lipinski definition) is 4. The molecule has 0 unspecified atom stereocenters. The van der Waals surface area contributed by atoms with Crippen molar-refractivity contribution in [2.45, 2.75) is 43.7 Å². The van der Waals surface area contributed by atoms with Gasteiger partial charge in [-0.3, -0.25) is 9.59 Å². The molecule has 3 aliphatic rings. The topological polar surface area (TPSA) is 86.1 Å². The van der Waals surface area contributed by atoms with Gasteiger partial charge in [0, 0.05) is 30.6 Å². The molecule has 32 heavy (non-hydrogen) atoms. The minimum Gasteiger partial charge on any atom is -0.335 e. The summed E-state index contributed by atoms with van der Waals surface area (Å²) in [6, 6.07) is 10.2. The predicted molar refractivity (Wildman–Crippen MR) is 109 cm³/mol. The minimum absolute atomic E-state index is 0.108. The molecule has 1 aromatic heterocycles. The van der Waals surface area contributed by atoms with Gasteiger partial charge in [0.25, 0.3) is 0 Å². The van der Waals surface area contributed by atoms with Crippen LogP contribution < -0.4 is 5.32 Å². The van der Waals surface area contributed by atoms with Crippen LogP contribution in [0.15, 0.2) is 30.5 Å². The van der Waals surface area contributed by atoms with Crippen molar-refractivity contribution < 1.29 is 22.8 Å². The number of nitrogens with zero attached hydrogens (tertiary/aromatic N) is 3. The smallest absolute Gasteiger partial charge is 0.335 e. The zero-order valence-electron chi connectivity index (χ0n) is 17.2. The average molecular weight is 442 g/mol. The van der Waals surface area contributed by atoms with Crippen LogP contribution in [0.1, 0.15) is 37.7 Å². The Morgan fingerprint density at radius 3 is 2.47 bits per heavy atom. The molecule has 1 aromatic carbocycles. The Morgan fingerprint density at radius 1 is 1.16 bits per heavy atom. The lowest BCUT2D eigenvalue weighted by Crippen LogP contribution is -2.46. The highest BCUT2D eigenvalue weighted by Crippen LogP contribution is 2.78. The first kappa shape index (κ1) is 20.7. The third-order valence-electron chi connectivity index (χ3n) is 7.29. The second-order valence-corrected chi connectivity index (χ2v) is 9.16. The zero-order valence-corrected chi connectivity index (χ0v) is 17.2. The molecule has 1 atom stereocenters. The lowest BCUT2D eigenvalue weighted by Gasteiger charge is -2.31. The molecule has 1 saturated heterocycles. The second kappa shape index (κ2) is 6.92. The van der Waals surface area contributed by atoms with E-state index in [2.05, 4.69) is 16.4 Å². The number of likely N-dealkylation sites (tertiary alicyclic amines) is 1. The highest BCUT2D eigenvalue weighted by atomic mass is 19.4. The van der Waals surface area contributed by atoms with E-state index in [1.54, 1.807) is 12.3 Å². The number of benzene rings is 1. The van der Waals surface area contributed by atoms with Crippen molar-refractivity contribution in [3.05, 3.63) is 36.0 Å². The fourth-order valence-electron chi connectivity index (χ4n) is 5.08. The van der Waals surface area contributed by atoms with Crippen LogP contribution in [0.25, 0.3) is 10.8 Å². The fraction of sp³-hybridized carbons (Fsp3) is 0.478. The normalized spacial score (nSPS) is 24.2. The summed E-state index contributed by atoms with van der Waals surface area (Å²) in [5.74, 6) is -2.31. The maximum Gasteiger partial charge on any atom is 0.471 e. The molecular formula is C23H21F3N4O2. The van der Waals surface area contributed by atoms with Gasteiger partial charge < -0.3 is 10.2 Å². The summed E-state index contributed by atoms with van der Waals surface area (Å²) in [6.45, 7) is -0.216. The maximum absolute atomic E-state index is 12.6. The summed E-state index contributed by atoms with van der Waals surface area (Å²) in [4.78, 5) is 29.0. The van der Waals surface area contributed by atoms with Gasteiger partial charge in [0.05, 0.1) is 11.5 Å². The Balaban J connectivity index is 1.27. The SMILES string of the molecule is N#C[C@@]1(c2ccc3cnc(NC(=O)C4CCN(C(=O)C(F)(F)F)CC4)cc3c2)CC12CC2. The van der Waals surface area contributed by atoms with E-state index >= 15 is 0 Å². The van der Waals surface area contributed by atoms with Crippen LogP contribution in [-0.4, -0.2) is 41.0 Å². The van der Waals surface area contributed by atoms with Gasteiger partial charge in [0.1, 0.15) is 5.82 Å². The van der Waals surface area contributed by atoms with Crippen LogP contribution >= 0.6 is 0 Å². The van der Waals surface area contributed by atoms with Gasteiger partial charge in [-0.25, -0.2) is 4.98 Å². The number of pyridine rings is 1. The van der Waals surface area contributed by atoms with Crippen molar-refractivity contribution >= 4 is 28.4 Å². The molecule has 2 aromatic rings. The number of hydrogen-bond donors (Lipinski definition) is 1. The first-order valence-electron chi connectivity index (χ1n) is 10.7. The molecule has 0 radical (unpaired) electrons. The number of nitrogens with one attached hydrogen (secondary N) is 1. The second-order valence-electron chi connectivity index (χ2n) is 9.16. The Kier molecular flexibility index (Phi) is 4.49. The number of carbonyl (C=O) groups excluding carboxylic acids is 2. The third-order valence-corrected chi connectivity index (χ3v) is 7.29. The monoisotopic (exact) mass is 442 g/mol. The summed E-state index contributed by atoms with van der Waals surface area (Å²) in [5, 5.41) is 14.3. The Hall–Kier alpha value is -3.15. The molecule has 5 rings (SSSR count). The van der Waals surface area contributed by atoms with Crippen LogP contribution in [0, 0.1) is 22.7 Å². The molecule has 6 nitrogen and oxygen atoms in total. The van der Waals surface area contributed by atoms with Crippen molar-refractivity contribution in [1.82, 2.24) is 9.88 Å². The van der Waals surface area contributed by atoms with E-state index in [9.17, 15) is 28.0 Å². The largest absolute Gasteiger partial charge is 0.471 e. The number of carbonyl (C=O) groups is 2. The van der Waals surface area contributed by atoms with E-state index in [1.807, 2.05) is 18.2 Å². The van der Waals surface area contributed by atoms with Crippen molar-refractivity contribution in [1.29, 1.82) is 5.26 Å². The van der Waals surface area contributed by atoms with E-state index in [0.29, 0.717) is 5.82 Å². The molecule has 166 valence electrons. The number of rotatable bonds is 3. The Bertz CT molecular complexity index is 1160.